The number of rotatable bonds is 1. The molecule has 0 atom stereocenters. The minimum absolute atomic E-state index is 0.000187. The van der Waals surface area contributed by atoms with Crippen LogP contribution < -0.4 is 4.57 Å². The van der Waals surface area contributed by atoms with Crippen molar-refractivity contribution in [1.82, 2.24) is 0 Å². The van der Waals surface area contributed by atoms with Gasteiger partial charge in [-0.15, -0.1) is 0 Å². The maximum Gasteiger partial charge on any atom is 0.215 e. The zero-order valence-electron chi connectivity index (χ0n) is 18.8. The van der Waals surface area contributed by atoms with Crippen LogP contribution >= 0.6 is 0 Å². The number of aryl methyl sites for hydroxylation is 4. The molecule has 0 aliphatic carbocycles. The van der Waals surface area contributed by atoms with Crippen molar-refractivity contribution in [2.24, 2.45) is 7.05 Å². The van der Waals surface area contributed by atoms with Crippen LogP contribution in [0.2, 0.25) is 0 Å². The molecule has 0 aliphatic heterocycles. The topological polar surface area (TPSA) is 3.88 Å². The normalized spacial score (nSPS) is 20.7. The smallest absolute Gasteiger partial charge is 0.198 e. The van der Waals surface area contributed by atoms with Crippen LogP contribution in [0.5, 0.6) is 0 Å². The molecule has 0 amide bonds. The molecule has 2 rings (SSSR count). The fraction of sp³-hybridized carbons (Fsp3) is 0.312. The van der Waals surface area contributed by atoms with Gasteiger partial charge in [0.05, 0.1) is 0 Å². The van der Waals surface area contributed by atoms with Gasteiger partial charge in [0, 0.05) is 36.4 Å². The van der Waals surface area contributed by atoms with Crippen molar-refractivity contribution in [2.45, 2.75) is 27.5 Å². The Bertz CT molecular complexity index is 829. The van der Waals surface area contributed by atoms with E-state index < -0.39 is 20.6 Å². The average Bonchev–Trinajstić information content (AvgIpc) is 2.44. The van der Waals surface area contributed by atoms with E-state index in [2.05, 4.69) is 0 Å². The minimum atomic E-state index is -2.45. The Morgan fingerprint density at radius 1 is 1.00 bits per heavy atom. The first-order valence-corrected chi connectivity index (χ1v) is 5.29. The van der Waals surface area contributed by atoms with E-state index in [0.29, 0.717) is 11.1 Å². The molecule has 17 heavy (non-hydrogen) atoms. The van der Waals surface area contributed by atoms with Crippen LogP contribution in [0.4, 0.5) is 0 Å². The summed E-state index contributed by atoms with van der Waals surface area (Å²) in [6.07, 6.45) is 0. The fourth-order valence-corrected chi connectivity index (χ4v) is 1.91. The van der Waals surface area contributed by atoms with E-state index in [-0.39, 0.29) is 22.5 Å². The van der Waals surface area contributed by atoms with E-state index in [9.17, 15) is 0 Å². The fourth-order valence-electron chi connectivity index (χ4n) is 1.91. The predicted molar refractivity (Wildman–Crippen MR) is 72.0 cm³/mol. The molecule has 0 radical (unpaired) electrons. The van der Waals surface area contributed by atoms with Crippen LogP contribution in [-0.2, 0) is 7.05 Å². The SMILES string of the molecule is [2H]C([2H])([2H])c1ccc(-c2c(C([2H])([2H])[2H])ccc(C([2H])([2H])[2H])[n+]2C)c(C)c1. The monoisotopic (exact) mass is 235 g/mol. The van der Waals surface area contributed by atoms with Gasteiger partial charge in [-0.1, -0.05) is 17.7 Å². The van der Waals surface area contributed by atoms with Gasteiger partial charge in [0.25, 0.3) is 0 Å². The van der Waals surface area contributed by atoms with Crippen LogP contribution in [0.15, 0.2) is 30.3 Å². The summed E-state index contributed by atoms with van der Waals surface area (Å²) in [7, 11) is 1.50. The van der Waals surface area contributed by atoms with E-state index in [4.69, 9.17) is 12.3 Å². The molecule has 1 heteroatoms. The van der Waals surface area contributed by atoms with Gasteiger partial charge in [-0.05, 0) is 38.3 Å². The second-order valence-corrected chi connectivity index (χ2v) is 4.07. The van der Waals surface area contributed by atoms with Crippen molar-refractivity contribution in [1.29, 1.82) is 0 Å². The molecular formula is C16H20N+. The first kappa shape index (κ1) is 4.93. The van der Waals surface area contributed by atoms with Crippen LogP contribution in [0.3, 0.4) is 0 Å². The zero-order chi connectivity index (χ0) is 20.1. The maximum absolute atomic E-state index is 7.79. The lowest BCUT2D eigenvalue weighted by Gasteiger charge is -2.09. The van der Waals surface area contributed by atoms with Gasteiger partial charge >= 0.3 is 0 Å². The minimum Gasteiger partial charge on any atom is -0.198 e. The molecule has 0 spiro atoms. The summed E-state index contributed by atoms with van der Waals surface area (Å²) in [4.78, 5) is 0. The van der Waals surface area contributed by atoms with Crippen LogP contribution in [0.1, 0.15) is 34.7 Å². The van der Waals surface area contributed by atoms with E-state index in [1.165, 1.54) is 41.9 Å². The lowest BCUT2D eigenvalue weighted by Crippen LogP contribution is -2.35. The van der Waals surface area contributed by atoms with E-state index in [1.54, 1.807) is 6.92 Å². The summed E-state index contributed by atoms with van der Waals surface area (Å²) in [5.74, 6) is 0. The molecule has 88 valence electrons. The second-order valence-electron chi connectivity index (χ2n) is 4.07. The number of hydrogen-bond acceptors (Lipinski definition) is 0. The molecule has 0 N–H and O–H groups in total. The highest BCUT2D eigenvalue weighted by Crippen LogP contribution is 2.24. The summed E-state index contributed by atoms with van der Waals surface area (Å²) in [6, 6.07) is 7.03. The van der Waals surface area contributed by atoms with Crippen molar-refractivity contribution in [3.05, 3.63) is 52.7 Å². The summed E-state index contributed by atoms with van der Waals surface area (Å²) in [5, 5.41) is 0. The molecule has 0 aliphatic rings. The van der Waals surface area contributed by atoms with Gasteiger partial charge in [-0.3, -0.25) is 0 Å². The number of aromatic nitrogens is 1. The summed E-state index contributed by atoms with van der Waals surface area (Å²) < 4.78 is 70.2. The average molecular weight is 235 g/mol. The Morgan fingerprint density at radius 3 is 2.53 bits per heavy atom. The molecule has 1 nitrogen and oxygen atoms in total. The van der Waals surface area contributed by atoms with Crippen molar-refractivity contribution in [3.8, 4) is 11.3 Å². The maximum atomic E-state index is 7.79. The summed E-state index contributed by atoms with van der Waals surface area (Å²) in [6.45, 7) is -5.46. The Balaban J connectivity index is 2.83. The van der Waals surface area contributed by atoms with E-state index in [1.807, 2.05) is 0 Å². The molecule has 0 saturated carbocycles. The highest BCUT2D eigenvalue weighted by atomic mass is 14.9. The molecular weight excluding hydrogens is 206 g/mol. The first-order chi connectivity index (χ1) is 11.6. The zero-order valence-corrected chi connectivity index (χ0v) is 9.83. The molecule has 0 fully saturated rings. The first-order valence-electron chi connectivity index (χ1n) is 9.79. The molecule has 0 saturated heterocycles. The number of pyridine rings is 1. The Kier molecular flexibility index (Phi) is 1.25. The third-order valence-corrected chi connectivity index (χ3v) is 2.84. The molecule has 1 heterocycles. The molecule has 2 aromatic rings. The highest BCUT2D eigenvalue weighted by molar-refractivity contribution is 5.64. The summed E-state index contributed by atoms with van der Waals surface area (Å²) in [5.41, 5.74) is 1.44. The Hall–Kier alpha value is -1.63. The Morgan fingerprint density at radius 2 is 1.88 bits per heavy atom. The predicted octanol–water partition coefficient (Wildman–Crippen LogP) is 3.41. The van der Waals surface area contributed by atoms with Gasteiger partial charge in [0.1, 0.15) is 7.05 Å². The van der Waals surface area contributed by atoms with Gasteiger partial charge in [0.15, 0.2) is 5.69 Å². The van der Waals surface area contributed by atoms with Crippen molar-refractivity contribution >= 4 is 0 Å². The number of benzene rings is 1. The number of hydrogen-bond donors (Lipinski definition) is 0. The van der Waals surface area contributed by atoms with Crippen LogP contribution in [0.25, 0.3) is 11.3 Å². The molecule has 0 bridgehead atoms. The largest absolute Gasteiger partial charge is 0.215 e. The van der Waals surface area contributed by atoms with E-state index in [0.717, 1.165) is 0 Å². The van der Waals surface area contributed by atoms with Gasteiger partial charge in [-0.25, -0.2) is 0 Å². The lowest BCUT2D eigenvalue weighted by molar-refractivity contribution is -0.667. The van der Waals surface area contributed by atoms with Gasteiger partial charge in [-0.2, -0.15) is 4.57 Å². The molecule has 1 aromatic heterocycles. The van der Waals surface area contributed by atoms with Gasteiger partial charge < -0.3 is 0 Å². The van der Waals surface area contributed by atoms with Crippen LogP contribution in [-0.4, -0.2) is 0 Å². The summed E-state index contributed by atoms with van der Waals surface area (Å²) >= 11 is 0. The van der Waals surface area contributed by atoms with Crippen molar-refractivity contribution in [3.63, 3.8) is 0 Å². The number of nitrogens with zero attached hydrogens (tertiary/aromatic N) is 1. The quantitative estimate of drug-likeness (QED) is 0.667. The third kappa shape index (κ3) is 2.10. The van der Waals surface area contributed by atoms with Gasteiger partial charge in [0.2, 0.25) is 5.69 Å². The lowest BCUT2D eigenvalue weighted by atomic mass is 9.99. The van der Waals surface area contributed by atoms with Crippen molar-refractivity contribution < 1.29 is 16.9 Å². The third-order valence-electron chi connectivity index (χ3n) is 2.84. The van der Waals surface area contributed by atoms with E-state index >= 15 is 0 Å². The second kappa shape index (κ2) is 4.33. The Labute approximate surface area is 116 Å². The van der Waals surface area contributed by atoms with Crippen molar-refractivity contribution in [2.75, 3.05) is 0 Å². The highest BCUT2D eigenvalue weighted by Gasteiger charge is 2.17. The molecule has 1 aromatic carbocycles. The van der Waals surface area contributed by atoms with Crippen LogP contribution in [0, 0.1) is 27.5 Å². The molecule has 0 unspecified atom stereocenters. The standard InChI is InChI=1S/C16H20N/c1-11-6-9-15(13(3)10-11)16-12(2)7-8-14(4)17(16)5/h6-10H,1-5H3/q+1/i1D3,2D3,4D3.